The molecule has 0 N–H and O–H groups in total. The molecule has 6 nitrogen and oxygen atoms in total. The lowest BCUT2D eigenvalue weighted by Crippen LogP contribution is -2.39. The second-order valence-electron chi connectivity index (χ2n) is 8.54. The smallest absolute Gasteiger partial charge is 0.169 e. The first-order valence-corrected chi connectivity index (χ1v) is 11.4. The highest BCUT2D eigenvalue weighted by molar-refractivity contribution is 5.40. The summed E-state index contributed by atoms with van der Waals surface area (Å²) in [5.74, 6) is 0.875. The van der Waals surface area contributed by atoms with E-state index >= 15 is 0 Å². The topological polar surface area (TPSA) is 60.5 Å². The quantitative estimate of drug-likeness (QED) is 0.464. The average Bonchev–Trinajstić information content (AvgIpc) is 3.14. The number of allylic oxidation sites excluding steroid dienone is 1. The molecule has 0 aromatic carbocycles. The molecule has 0 spiro atoms. The summed E-state index contributed by atoms with van der Waals surface area (Å²) in [6, 6.07) is 4.98. The Morgan fingerprint density at radius 1 is 0.931 bits per heavy atom. The maximum atomic E-state index is 9.51. The number of hydrogen-bond donors (Lipinski definition) is 0. The summed E-state index contributed by atoms with van der Waals surface area (Å²) in [5, 5.41) is 19.0. The molecule has 1 unspecified atom stereocenters. The van der Waals surface area contributed by atoms with Gasteiger partial charge in [-0.25, -0.2) is 0 Å². The van der Waals surface area contributed by atoms with Crippen molar-refractivity contribution in [2.24, 2.45) is 0 Å². The summed E-state index contributed by atoms with van der Waals surface area (Å²) < 4.78 is 0. The van der Waals surface area contributed by atoms with Gasteiger partial charge in [0.2, 0.25) is 0 Å². The van der Waals surface area contributed by atoms with Gasteiger partial charge >= 0.3 is 0 Å². The molecule has 29 heavy (non-hydrogen) atoms. The maximum absolute atomic E-state index is 9.51. The maximum Gasteiger partial charge on any atom is 0.169 e. The molecule has 1 atom stereocenters. The normalized spacial score (nSPS) is 23.3. The Labute approximate surface area is 176 Å². The second kappa shape index (κ2) is 11.2. The number of likely N-dealkylation sites (tertiary alicyclic amines) is 1. The lowest BCUT2D eigenvalue weighted by Gasteiger charge is -2.34. The Hall–Kier alpha value is -2.02. The van der Waals surface area contributed by atoms with Gasteiger partial charge in [0.05, 0.1) is 0 Å². The Kier molecular flexibility index (Phi) is 8.40. The van der Waals surface area contributed by atoms with Crippen molar-refractivity contribution >= 4 is 0 Å². The van der Waals surface area contributed by atoms with E-state index in [0.717, 1.165) is 77.4 Å². The number of piperidine rings is 1. The van der Waals surface area contributed by atoms with E-state index in [-0.39, 0.29) is 5.57 Å². The standard InChI is InChI=1S/C23H36N6/c1-21-9-3-6-13-27(21)14-8-16-29-18-17-28(23(29)22(19-24)20-25)15-7-12-26-10-4-2-5-11-26/h2,4,21H,3,5-18H2,1H3. The number of nitriles is 2. The fourth-order valence-electron chi connectivity index (χ4n) is 4.86. The van der Waals surface area contributed by atoms with E-state index in [1.807, 2.05) is 0 Å². The van der Waals surface area contributed by atoms with E-state index in [9.17, 15) is 10.5 Å². The summed E-state index contributed by atoms with van der Waals surface area (Å²) in [4.78, 5) is 9.63. The van der Waals surface area contributed by atoms with Gasteiger partial charge in [-0.15, -0.1) is 0 Å². The highest BCUT2D eigenvalue weighted by atomic mass is 15.4. The second-order valence-corrected chi connectivity index (χ2v) is 8.54. The van der Waals surface area contributed by atoms with Gasteiger partial charge in [0.25, 0.3) is 0 Å². The first-order chi connectivity index (χ1) is 14.2. The van der Waals surface area contributed by atoms with Crippen LogP contribution >= 0.6 is 0 Å². The van der Waals surface area contributed by atoms with Crippen LogP contribution in [0.25, 0.3) is 0 Å². The molecule has 0 bridgehead atoms. The summed E-state index contributed by atoms with van der Waals surface area (Å²) in [6.07, 6.45) is 11.8. The zero-order valence-corrected chi connectivity index (χ0v) is 18.0. The van der Waals surface area contributed by atoms with Crippen molar-refractivity contribution in [3.8, 4) is 12.1 Å². The molecule has 2 fully saturated rings. The van der Waals surface area contributed by atoms with Crippen molar-refractivity contribution in [3.63, 3.8) is 0 Å². The molecule has 3 aliphatic heterocycles. The van der Waals surface area contributed by atoms with Crippen LogP contribution in [0.4, 0.5) is 0 Å². The number of hydrogen-bond acceptors (Lipinski definition) is 6. The highest BCUT2D eigenvalue weighted by Crippen LogP contribution is 2.23. The van der Waals surface area contributed by atoms with Crippen molar-refractivity contribution in [1.29, 1.82) is 10.5 Å². The van der Waals surface area contributed by atoms with Gasteiger partial charge in [0, 0.05) is 58.4 Å². The molecule has 0 aromatic heterocycles. The molecule has 3 aliphatic rings. The van der Waals surface area contributed by atoms with E-state index in [4.69, 9.17) is 0 Å². The van der Waals surface area contributed by atoms with E-state index in [0.29, 0.717) is 6.04 Å². The van der Waals surface area contributed by atoms with E-state index in [2.05, 4.69) is 50.8 Å². The predicted octanol–water partition coefficient (Wildman–Crippen LogP) is 2.78. The zero-order chi connectivity index (χ0) is 20.5. The minimum absolute atomic E-state index is 0.273. The summed E-state index contributed by atoms with van der Waals surface area (Å²) in [7, 11) is 0. The molecular weight excluding hydrogens is 360 g/mol. The van der Waals surface area contributed by atoms with Gasteiger partial charge in [-0.3, -0.25) is 4.90 Å². The molecule has 0 radical (unpaired) electrons. The lowest BCUT2D eigenvalue weighted by molar-refractivity contribution is 0.153. The molecule has 2 saturated heterocycles. The third-order valence-corrected chi connectivity index (χ3v) is 6.54. The fraction of sp³-hybridized carbons (Fsp3) is 0.739. The molecule has 3 rings (SSSR count). The van der Waals surface area contributed by atoms with Crippen LogP contribution in [0, 0.1) is 22.7 Å². The molecule has 158 valence electrons. The van der Waals surface area contributed by atoms with Crippen LogP contribution in [0.1, 0.15) is 45.4 Å². The van der Waals surface area contributed by atoms with E-state index in [1.165, 1.54) is 25.8 Å². The van der Waals surface area contributed by atoms with Crippen molar-refractivity contribution in [2.75, 3.05) is 58.9 Å². The average molecular weight is 397 g/mol. The molecule has 0 saturated carbocycles. The summed E-state index contributed by atoms with van der Waals surface area (Å²) in [6.45, 7) is 11.6. The minimum Gasteiger partial charge on any atom is -0.355 e. The Bertz CT molecular complexity index is 654. The minimum atomic E-state index is 0.273. The fourth-order valence-corrected chi connectivity index (χ4v) is 4.86. The molecule has 3 heterocycles. The Morgan fingerprint density at radius 2 is 1.66 bits per heavy atom. The van der Waals surface area contributed by atoms with Gasteiger partial charge in [-0.05, 0) is 45.6 Å². The van der Waals surface area contributed by atoms with Gasteiger partial charge in [0.1, 0.15) is 18.0 Å². The number of nitrogens with zero attached hydrogens (tertiary/aromatic N) is 6. The summed E-state index contributed by atoms with van der Waals surface area (Å²) >= 11 is 0. The third-order valence-electron chi connectivity index (χ3n) is 6.54. The van der Waals surface area contributed by atoms with Crippen molar-refractivity contribution < 1.29 is 0 Å². The first kappa shape index (κ1) is 21.7. The first-order valence-electron chi connectivity index (χ1n) is 11.4. The van der Waals surface area contributed by atoms with Gasteiger partial charge in [-0.1, -0.05) is 18.6 Å². The van der Waals surface area contributed by atoms with Gasteiger partial charge in [0.15, 0.2) is 5.57 Å². The SMILES string of the molecule is CC1CCCCN1CCCN1CCN(CCCN2CC=CCC2)C1=C(C#N)C#N. The van der Waals surface area contributed by atoms with Crippen LogP contribution in [0.2, 0.25) is 0 Å². The van der Waals surface area contributed by atoms with Crippen molar-refractivity contribution in [1.82, 2.24) is 19.6 Å². The van der Waals surface area contributed by atoms with E-state index in [1.54, 1.807) is 0 Å². The molecule has 0 amide bonds. The van der Waals surface area contributed by atoms with Crippen LogP contribution in [0.5, 0.6) is 0 Å². The molecule has 6 heteroatoms. The largest absolute Gasteiger partial charge is 0.355 e. The van der Waals surface area contributed by atoms with Crippen molar-refractivity contribution in [3.05, 3.63) is 23.5 Å². The van der Waals surface area contributed by atoms with Crippen LogP contribution in [0.15, 0.2) is 23.5 Å². The van der Waals surface area contributed by atoms with E-state index < -0.39 is 0 Å². The number of rotatable bonds is 8. The zero-order valence-electron chi connectivity index (χ0n) is 18.0. The third kappa shape index (κ3) is 5.98. The molecule has 0 aliphatic carbocycles. The van der Waals surface area contributed by atoms with Crippen LogP contribution in [-0.2, 0) is 0 Å². The molecular formula is C23H36N6. The highest BCUT2D eigenvalue weighted by Gasteiger charge is 2.28. The monoisotopic (exact) mass is 396 g/mol. The van der Waals surface area contributed by atoms with Gasteiger partial charge in [-0.2, -0.15) is 10.5 Å². The lowest BCUT2D eigenvalue weighted by atomic mass is 10.0. The Balaban J connectivity index is 1.52. The molecule has 0 aromatic rings. The van der Waals surface area contributed by atoms with Crippen LogP contribution in [0.3, 0.4) is 0 Å². The van der Waals surface area contributed by atoms with Crippen LogP contribution in [-0.4, -0.2) is 84.5 Å². The Morgan fingerprint density at radius 3 is 2.28 bits per heavy atom. The summed E-state index contributed by atoms with van der Waals surface area (Å²) in [5.41, 5.74) is 0.273. The van der Waals surface area contributed by atoms with Gasteiger partial charge < -0.3 is 14.7 Å². The predicted molar refractivity (Wildman–Crippen MR) is 116 cm³/mol. The van der Waals surface area contributed by atoms with Crippen LogP contribution < -0.4 is 0 Å². The van der Waals surface area contributed by atoms with Crippen molar-refractivity contribution in [2.45, 2.75) is 51.5 Å².